The maximum Gasteiger partial charge on any atom is 0.273 e. The molecule has 1 saturated heterocycles. The maximum atomic E-state index is 12.5. The van der Waals surface area contributed by atoms with Crippen LogP contribution in [0, 0.1) is 0 Å². The summed E-state index contributed by atoms with van der Waals surface area (Å²) in [7, 11) is 1.91. The van der Waals surface area contributed by atoms with Crippen LogP contribution in [0.2, 0.25) is 0 Å². The number of carbonyl (C=O) groups excluding carboxylic acids is 1. The van der Waals surface area contributed by atoms with Crippen LogP contribution < -0.4 is 5.73 Å². The van der Waals surface area contributed by atoms with E-state index in [1.54, 1.807) is 0 Å². The predicted octanol–water partition coefficient (Wildman–Crippen LogP) is 1.59. The summed E-state index contributed by atoms with van der Waals surface area (Å²) >= 11 is 1.53. The molecule has 1 amide bonds. The number of piperidine rings is 1. The zero-order valence-electron chi connectivity index (χ0n) is 13.0. The van der Waals surface area contributed by atoms with Gasteiger partial charge in [0, 0.05) is 38.0 Å². The highest BCUT2D eigenvalue weighted by Crippen LogP contribution is 2.19. The summed E-state index contributed by atoms with van der Waals surface area (Å²) in [5, 5.41) is 2.81. The summed E-state index contributed by atoms with van der Waals surface area (Å²) < 4.78 is 0. The van der Waals surface area contributed by atoms with Gasteiger partial charge in [0.15, 0.2) is 0 Å². The van der Waals surface area contributed by atoms with Crippen LogP contribution in [0.15, 0.2) is 5.38 Å². The van der Waals surface area contributed by atoms with Gasteiger partial charge < -0.3 is 15.5 Å². The number of nitrogens with two attached hydrogens (primary N) is 1. The molecule has 118 valence electrons. The van der Waals surface area contributed by atoms with Crippen LogP contribution in [0.3, 0.4) is 0 Å². The number of aromatic nitrogens is 1. The minimum absolute atomic E-state index is 0.0449. The normalized spacial score (nSPS) is 17.1. The minimum atomic E-state index is 0.0449. The van der Waals surface area contributed by atoms with Gasteiger partial charge in [0.1, 0.15) is 5.69 Å². The van der Waals surface area contributed by atoms with Crippen molar-refractivity contribution in [1.82, 2.24) is 14.8 Å². The molecule has 5 nitrogen and oxygen atoms in total. The molecule has 1 fully saturated rings. The Balaban J connectivity index is 1.90. The smallest absolute Gasteiger partial charge is 0.273 e. The molecule has 1 aromatic heterocycles. The van der Waals surface area contributed by atoms with Gasteiger partial charge in [-0.25, -0.2) is 4.98 Å². The zero-order valence-corrected chi connectivity index (χ0v) is 13.9. The van der Waals surface area contributed by atoms with E-state index in [2.05, 4.69) is 16.8 Å². The van der Waals surface area contributed by atoms with Crippen LogP contribution in [-0.2, 0) is 6.42 Å². The van der Waals surface area contributed by atoms with Crippen molar-refractivity contribution in [1.29, 1.82) is 0 Å². The van der Waals surface area contributed by atoms with E-state index in [9.17, 15) is 4.79 Å². The van der Waals surface area contributed by atoms with E-state index in [4.69, 9.17) is 5.73 Å². The van der Waals surface area contributed by atoms with Gasteiger partial charge in [-0.05, 0) is 32.4 Å². The SMILES string of the molecule is CCCN1CCC(N(C)C(=O)c2csc(CCN)n2)CC1. The third kappa shape index (κ3) is 4.25. The van der Waals surface area contributed by atoms with Gasteiger partial charge in [0.2, 0.25) is 0 Å². The molecule has 0 aromatic carbocycles. The van der Waals surface area contributed by atoms with Crippen molar-refractivity contribution in [2.24, 2.45) is 5.73 Å². The van der Waals surface area contributed by atoms with Crippen LogP contribution in [0.4, 0.5) is 0 Å². The molecule has 2 heterocycles. The van der Waals surface area contributed by atoms with Crippen molar-refractivity contribution >= 4 is 17.2 Å². The second kappa shape index (κ2) is 7.87. The fourth-order valence-electron chi connectivity index (χ4n) is 2.84. The minimum Gasteiger partial charge on any atom is -0.337 e. The average molecular weight is 310 g/mol. The number of hydrogen-bond donors (Lipinski definition) is 1. The van der Waals surface area contributed by atoms with E-state index in [-0.39, 0.29) is 5.91 Å². The molecule has 2 N–H and O–H groups in total. The van der Waals surface area contributed by atoms with Gasteiger partial charge in [0.25, 0.3) is 5.91 Å². The highest BCUT2D eigenvalue weighted by Gasteiger charge is 2.26. The largest absolute Gasteiger partial charge is 0.337 e. The molecule has 0 unspecified atom stereocenters. The number of amides is 1. The van der Waals surface area contributed by atoms with Crippen LogP contribution in [0.25, 0.3) is 0 Å². The maximum absolute atomic E-state index is 12.5. The lowest BCUT2D eigenvalue weighted by atomic mass is 10.0. The van der Waals surface area contributed by atoms with Crippen molar-refractivity contribution in [3.8, 4) is 0 Å². The molecule has 0 saturated carbocycles. The van der Waals surface area contributed by atoms with Crippen LogP contribution in [0.1, 0.15) is 41.7 Å². The summed E-state index contributed by atoms with van der Waals surface area (Å²) in [4.78, 5) is 21.3. The van der Waals surface area contributed by atoms with E-state index < -0.39 is 0 Å². The standard InChI is InChI=1S/C15H26N4OS/c1-3-8-19-9-5-12(6-10-19)18(2)15(20)13-11-21-14(17-13)4-7-16/h11-12H,3-10,16H2,1-2H3. The number of likely N-dealkylation sites (tertiary alicyclic amines) is 1. The molecule has 21 heavy (non-hydrogen) atoms. The molecule has 0 spiro atoms. The Morgan fingerprint density at radius 2 is 2.24 bits per heavy atom. The summed E-state index contributed by atoms with van der Waals surface area (Å²) in [5.74, 6) is 0.0449. The number of thiazole rings is 1. The van der Waals surface area contributed by atoms with Gasteiger partial charge in [-0.15, -0.1) is 11.3 Å². The molecule has 1 aliphatic heterocycles. The van der Waals surface area contributed by atoms with Gasteiger partial charge in [-0.1, -0.05) is 6.92 Å². The molecule has 2 rings (SSSR count). The average Bonchev–Trinajstić information content (AvgIpc) is 2.96. The molecular formula is C15H26N4OS. The molecular weight excluding hydrogens is 284 g/mol. The van der Waals surface area contributed by atoms with Crippen molar-refractivity contribution < 1.29 is 4.79 Å². The molecule has 0 atom stereocenters. The van der Waals surface area contributed by atoms with E-state index in [0.29, 0.717) is 18.3 Å². The number of rotatable bonds is 6. The molecule has 6 heteroatoms. The van der Waals surface area contributed by atoms with Gasteiger partial charge >= 0.3 is 0 Å². The van der Waals surface area contributed by atoms with Crippen molar-refractivity contribution in [2.75, 3.05) is 33.2 Å². The fraction of sp³-hybridized carbons (Fsp3) is 0.733. The fourth-order valence-corrected chi connectivity index (χ4v) is 3.63. The Kier molecular flexibility index (Phi) is 6.14. The quantitative estimate of drug-likeness (QED) is 0.867. The summed E-state index contributed by atoms with van der Waals surface area (Å²) in [6, 6.07) is 0.338. The second-order valence-corrected chi connectivity index (χ2v) is 6.60. The first-order valence-electron chi connectivity index (χ1n) is 7.79. The molecule has 1 aliphatic rings. The third-order valence-corrected chi connectivity index (χ3v) is 5.00. The van der Waals surface area contributed by atoms with E-state index in [1.807, 2.05) is 17.3 Å². The van der Waals surface area contributed by atoms with Crippen molar-refractivity contribution in [2.45, 2.75) is 38.6 Å². The van der Waals surface area contributed by atoms with E-state index in [1.165, 1.54) is 24.3 Å². The first-order valence-corrected chi connectivity index (χ1v) is 8.67. The van der Waals surface area contributed by atoms with Gasteiger partial charge in [0.05, 0.1) is 5.01 Å². The Bertz CT molecular complexity index is 454. The molecule has 0 aliphatic carbocycles. The van der Waals surface area contributed by atoms with Gasteiger partial charge in [-0.3, -0.25) is 4.79 Å². The Labute approximate surface area is 131 Å². The van der Waals surface area contributed by atoms with E-state index in [0.717, 1.165) is 37.4 Å². The monoisotopic (exact) mass is 310 g/mol. The van der Waals surface area contributed by atoms with Crippen LogP contribution >= 0.6 is 11.3 Å². The van der Waals surface area contributed by atoms with Crippen molar-refractivity contribution in [3.05, 3.63) is 16.1 Å². The summed E-state index contributed by atoms with van der Waals surface area (Å²) in [6.45, 7) is 6.13. The number of carbonyl (C=O) groups is 1. The van der Waals surface area contributed by atoms with E-state index >= 15 is 0 Å². The molecule has 0 bridgehead atoms. The third-order valence-electron chi connectivity index (χ3n) is 4.09. The zero-order chi connectivity index (χ0) is 15.2. The second-order valence-electron chi connectivity index (χ2n) is 5.65. The molecule has 0 radical (unpaired) electrons. The highest BCUT2D eigenvalue weighted by atomic mass is 32.1. The Hall–Kier alpha value is -0.980. The molecule has 1 aromatic rings. The number of hydrogen-bond acceptors (Lipinski definition) is 5. The highest BCUT2D eigenvalue weighted by molar-refractivity contribution is 7.09. The lowest BCUT2D eigenvalue weighted by molar-refractivity contribution is 0.0637. The first-order chi connectivity index (χ1) is 10.2. The predicted molar refractivity (Wildman–Crippen MR) is 86.7 cm³/mol. The number of nitrogens with zero attached hydrogens (tertiary/aromatic N) is 3. The van der Waals surface area contributed by atoms with Crippen molar-refractivity contribution in [3.63, 3.8) is 0 Å². The lowest BCUT2D eigenvalue weighted by Crippen LogP contribution is -2.45. The summed E-state index contributed by atoms with van der Waals surface area (Å²) in [6.07, 6.45) is 4.06. The summed E-state index contributed by atoms with van der Waals surface area (Å²) in [5.41, 5.74) is 6.10. The first kappa shape index (κ1) is 16.4. The lowest BCUT2D eigenvalue weighted by Gasteiger charge is -2.36. The topological polar surface area (TPSA) is 62.5 Å². The van der Waals surface area contributed by atoms with Crippen LogP contribution in [0.5, 0.6) is 0 Å². The van der Waals surface area contributed by atoms with Crippen LogP contribution in [-0.4, -0.2) is 60.0 Å². The van der Waals surface area contributed by atoms with Gasteiger partial charge in [-0.2, -0.15) is 0 Å². The Morgan fingerprint density at radius 3 is 2.86 bits per heavy atom. The Morgan fingerprint density at radius 1 is 1.52 bits per heavy atom.